The average Bonchev–Trinajstić information content (AvgIpc) is 2.24. The van der Waals surface area contributed by atoms with E-state index in [0.717, 1.165) is 12.1 Å². The van der Waals surface area contributed by atoms with Gasteiger partial charge in [0.05, 0.1) is 0 Å². The van der Waals surface area contributed by atoms with Gasteiger partial charge in [-0.25, -0.2) is 4.39 Å². The Kier molecular flexibility index (Phi) is 4.49. The number of nitrogen functional groups attached to an aromatic ring is 1. The first-order chi connectivity index (χ1) is 8.29. The molecule has 0 saturated heterocycles. The van der Waals surface area contributed by atoms with E-state index in [1.165, 1.54) is 6.07 Å². The van der Waals surface area contributed by atoms with E-state index in [0.29, 0.717) is 0 Å². The zero-order valence-corrected chi connectivity index (χ0v) is 9.05. The lowest BCUT2D eigenvalue weighted by atomic mass is 10.2. The molecule has 0 aromatic heterocycles. The summed E-state index contributed by atoms with van der Waals surface area (Å²) in [6, 6.07) is 3.41. The number of benzene rings is 1. The highest BCUT2D eigenvalue weighted by molar-refractivity contribution is 5.95. The first-order valence-electron chi connectivity index (χ1n) is 4.71. The van der Waals surface area contributed by atoms with E-state index < -0.39 is 25.4 Å². The maximum atomic E-state index is 13.3. The molecule has 0 unspecified atom stereocenters. The molecule has 1 rings (SSSR count). The molecule has 0 aliphatic carbocycles. The lowest BCUT2D eigenvalue weighted by Gasteiger charge is -2.10. The molecule has 0 amide bonds. The number of hydrogen-bond acceptors (Lipinski definition) is 3. The van der Waals surface area contributed by atoms with Crippen LogP contribution in [0.1, 0.15) is 5.56 Å². The molecule has 0 bridgehead atoms. The molecule has 4 nitrogen and oxygen atoms in total. The summed E-state index contributed by atoms with van der Waals surface area (Å²) in [6.45, 7) is -2.20. The van der Waals surface area contributed by atoms with Crippen LogP contribution in [0.3, 0.4) is 0 Å². The third kappa shape index (κ3) is 4.58. The van der Waals surface area contributed by atoms with Gasteiger partial charge in [0, 0.05) is 5.56 Å². The summed E-state index contributed by atoms with van der Waals surface area (Å²) < 4.78 is 57.3. The van der Waals surface area contributed by atoms with Gasteiger partial charge >= 0.3 is 6.18 Å². The van der Waals surface area contributed by atoms with E-state index >= 15 is 0 Å². The number of hydrogen-bond donors (Lipinski definition) is 2. The van der Waals surface area contributed by atoms with Crippen LogP contribution in [-0.4, -0.2) is 25.4 Å². The average molecular weight is 266 g/mol. The second kappa shape index (κ2) is 5.67. The topological polar surface area (TPSA) is 68.3 Å². The Bertz CT molecular complexity index is 434. The van der Waals surface area contributed by atoms with E-state index in [1.807, 2.05) is 0 Å². The molecule has 3 N–H and O–H groups in total. The van der Waals surface area contributed by atoms with E-state index in [9.17, 15) is 17.6 Å². The minimum atomic E-state index is -4.46. The molecule has 0 radical (unpaired) electrons. The molecular formula is C10H10F4N2O2. The summed E-state index contributed by atoms with van der Waals surface area (Å²) in [7, 11) is 0. The van der Waals surface area contributed by atoms with Gasteiger partial charge in [-0.15, -0.1) is 0 Å². The summed E-state index contributed by atoms with van der Waals surface area (Å²) in [5, 5.41) is 7.06. The number of ether oxygens (including phenoxy) is 2. The van der Waals surface area contributed by atoms with Crippen molar-refractivity contribution in [2.24, 2.45) is 5.73 Å². The molecule has 1 aromatic carbocycles. The molecule has 100 valence electrons. The van der Waals surface area contributed by atoms with Gasteiger partial charge in [0.1, 0.15) is 12.4 Å². The third-order valence-electron chi connectivity index (χ3n) is 1.81. The number of alkyl halides is 3. The molecular weight excluding hydrogens is 256 g/mol. The number of amidine groups is 1. The van der Waals surface area contributed by atoms with Crippen molar-refractivity contribution in [2.75, 3.05) is 13.4 Å². The van der Waals surface area contributed by atoms with Crippen molar-refractivity contribution in [3.63, 3.8) is 0 Å². The smallest absolute Gasteiger partial charge is 0.411 e. The molecule has 18 heavy (non-hydrogen) atoms. The van der Waals surface area contributed by atoms with Gasteiger partial charge in [-0.3, -0.25) is 5.41 Å². The van der Waals surface area contributed by atoms with Crippen LogP contribution >= 0.6 is 0 Å². The van der Waals surface area contributed by atoms with Crippen LogP contribution in [0.2, 0.25) is 0 Å². The Balaban J connectivity index is 2.51. The number of halogens is 4. The molecule has 0 aliphatic rings. The van der Waals surface area contributed by atoms with Crippen molar-refractivity contribution in [3.8, 4) is 5.75 Å². The fourth-order valence-electron chi connectivity index (χ4n) is 1.05. The maximum absolute atomic E-state index is 13.3. The predicted octanol–water partition coefficient (Wildman–Crippen LogP) is 2.02. The second-order valence-electron chi connectivity index (χ2n) is 3.28. The maximum Gasteiger partial charge on any atom is 0.411 e. The zero-order valence-electron chi connectivity index (χ0n) is 9.05. The van der Waals surface area contributed by atoms with Crippen molar-refractivity contribution in [1.29, 1.82) is 5.41 Å². The van der Waals surface area contributed by atoms with E-state index in [4.69, 9.17) is 11.1 Å². The van der Waals surface area contributed by atoms with Crippen LogP contribution in [-0.2, 0) is 4.74 Å². The van der Waals surface area contributed by atoms with Crippen molar-refractivity contribution < 1.29 is 27.0 Å². The Morgan fingerprint density at radius 1 is 1.33 bits per heavy atom. The minimum Gasteiger partial charge on any atom is -0.464 e. The molecule has 0 saturated carbocycles. The lowest BCUT2D eigenvalue weighted by Crippen LogP contribution is -2.19. The lowest BCUT2D eigenvalue weighted by molar-refractivity contribution is -0.187. The van der Waals surface area contributed by atoms with Crippen molar-refractivity contribution in [2.45, 2.75) is 6.18 Å². The molecule has 1 aromatic rings. The van der Waals surface area contributed by atoms with Crippen LogP contribution in [0.4, 0.5) is 17.6 Å². The standard InChI is InChI=1S/C10H10F4N2O2/c11-7-3-6(9(15)16)1-2-8(7)18-5-17-4-10(12,13)14/h1-3H,4-5H2,(H3,15,16). The number of nitrogens with one attached hydrogen (secondary N) is 1. The molecule has 0 heterocycles. The number of rotatable bonds is 5. The Hall–Kier alpha value is -1.83. The third-order valence-corrected chi connectivity index (χ3v) is 1.81. The highest BCUT2D eigenvalue weighted by Gasteiger charge is 2.27. The molecule has 0 aliphatic heterocycles. The summed E-state index contributed by atoms with van der Waals surface area (Å²) in [6.07, 6.45) is -4.46. The summed E-state index contributed by atoms with van der Waals surface area (Å²) in [4.78, 5) is 0. The molecule has 0 fully saturated rings. The van der Waals surface area contributed by atoms with Crippen LogP contribution in [0.25, 0.3) is 0 Å². The van der Waals surface area contributed by atoms with Gasteiger partial charge in [0.2, 0.25) is 0 Å². The Labute approximate surface area is 99.8 Å². The van der Waals surface area contributed by atoms with Crippen LogP contribution in [0.5, 0.6) is 5.75 Å². The highest BCUT2D eigenvalue weighted by atomic mass is 19.4. The predicted molar refractivity (Wildman–Crippen MR) is 54.9 cm³/mol. The van der Waals surface area contributed by atoms with E-state index in [-0.39, 0.29) is 17.1 Å². The van der Waals surface area contributed by atoms with Gasteiger partial charge < -0.3 is 15.2 Å². The monoisotopic (exact) mass is 266 g/mol. The summed E-state index contributed by atoms with van der Waals surface area (Å²) in [5.41, 5.74) is 5.28. The Morgan fingerprint density at radius 3 is 2.50 bits per heavy atom. The summed E-state index contributed by atoms with van der Waals surface area (Å²) >= 11 is 0. The fourth-order valence-corrected chi connectivity index (χ4v) is 1.05. The van der Waals surface area contributed by atoms with Crippen molar-refractivity contribution >= 4 is 5.84 Å². The number of nitrogens with two attached hydrogens (primary N) is 1. The van der Waals surface area contributed by atoms with Gasteiger partial charge in [-0.2, -0.15) is 13.2 Å². The SMILES string of the molecule is N=C(N)c1ccc(OCOCC(F)(F)F)c(F)c1. The van der Waals surface area contributed by atoms with Gasteiger partial charge in [0.15, 0.2) is 18.4 Å². The molecule has 0 atom stereocenters. The summed E-state index contributed by atoms with van der Waals surface area (Å²) in [5.74, 6) is -1.44. The van der Waals surface area contributed by atoms with Crippen LogP contribution in [0, 0.1) is 11.2 Å². The Morgan fingerprint density at radius 2 is 2.00 bits per heavy atom. The van der Waals surface area contributed by atoms with Crippen LogP contribution < -0.4 is 10.5 Å². The largest absolute Gasteiger partial charge is 0.464 e. The van der Waals surface area contributed by atoms with E-state index in [2.05, 4.69) is 9.47 Å². The van der Waals surface area contributed by atoms with Crippen LogP contribution in [0.15, 0.2) is 18.2 Å². The quantitative estimate of drug-likeness (QED) is 0.282. The molecule has 8 heteroatoms. The first-order valence-corrected chi connectivity index (χ1v) is 4.71. The van der Waals surface area contributed by atoms with Crippen molar-refractivity contribution in [3.05, 3.63) is 29.6 Å². The fraction of sp³-hybridized carbons (Fsp3) is 0.300. The second-order valence-corrected chi connectivity index (χ2v) is 3.28. The minimum absolute atomic E-state index is 0.149. The van der Waals surface area contributed by atoms with Gasteiger partial charge in [-0.05, 0) is 18.2 Å². The normalized spacial score (nSPS) is 11.3. The highest BCUT2D eigenvalue weighted by Crippen LogP contribution is 2.19. The molecule has 0 spiro atoms. The van der Waals surface area contributed by atoms with Gasteiger partial charge in [0.25, 0.3) is 0 Å². The first kappa shape index (κ1) is 14.2. The van der Waals surface area contributed by atoms with E-state index in [1.54, 1.807) is 0 Å². The zero-order chi connectivity index (χ0) is 13.8. The van der Waals surface area contributed by atoms with Gasteiger partial charge in [-0.1, -0.05) is 0 Å². The van der Waals surface area contributed by atoms with Crippen molar-refractivity contribution in [1.82, 2.24) is 0 Å².